The minimum atomic E-state index is -4.19. The molecule has 0 spiro atoms. The normalized spacial score (nSPS) is 9.06. The maximum Gasteiger partial charge on any atom is 0.344 e. The number of amides is 1. The van der Waals surface area contributed by atoms with E-state index in [4.69, 9.17) is 9.79 Å². The molecule has 1 rings (SSSR count). The summed E-state index contributed by atoms with van der Waals surface area (Å²) in [5, 5.41) is 2.10. The predicted octanol–water partition coefficient (Wildman–Crippen LogP) is -1.64. The van der Waals surface area contributed by atoms with Crippen molar-refractivity contribution in [3.8, 4) is 0 Å². The summed E-state index contributed by atoms with van der Waals surface area (Å²) in [5.41, 5.74) is 0.265. The van der Waals surface area contributed by atoms with Crippen molar-refractivity contribution < 1.29 is 24.6 Å². The van der Waals surface area contributed by atoms with E-state index in [1.54, 1.807) is 6.07 Å². The van der Waals surface area contributed by atoms with E-state index >= 15 is 0 Å². The molecule has 0 aliphatic heterocycles. The minimum Gasteiger partial charge on any atom is -0.412 e. The molecule has 10 heteroatoms. The first kappa shape index (κ1) is 22.9. The molecule has 0 aliphatic carbocycles. The number of nitrogens with one attached hydrogen (secondary N) is 1. The summed E-state index contributed by atoms with van der Waals surface area (Å²) in [7, 11) is -4.19. The Bertz CT molecular complexity index is 372. The van der Waals surface area contributed by atoms with Gasteiger partial charge < -0.3 is 20.6 Å². The third-order valence-corrected chi connectivity index (χ3v) is 1.94. The Labute approximate surface area is 142 Å². The van der Waals surface area contributed by atoms with Crippen molar-refractivity contribution in [1.82, 2.24) is 10.3 Å². The van der Waals surface area contributed by atoms with Gasteiger partial charge in [0, 0.05) is 71.5 Å². The molecule has 0 bridgehead atoms. The molecule has 86 valence electrons. The third-order valence-electron chi connectivity index (χ3n) is 1.37. The van der Waals surface area contributed by atoms with Crippen LogP contribution in [0.1, 0.15) is 10.4 Å². The molecule has 1 aromatic heterocycles. The van der Waals surface area contributed by atoms with Crippen LogP contribution in [0.25, 0.3) is 0 Å². The number of hydrogen-bond donors (Lipinski definition) is 3. The van der Waals surface area contributed by atoms with Gasteiger partial charge in [-0.25, -0.2) is 0 Å². The Kier molecular flexibility index (Phi) is 14.3. The van der Waals surface area contributed by atoms with Gasteiger partial charge in [0.15, 0.2) is 0 Å². The van der Waals surface area contributed by atoms with Crippen LogP contribution in [-0.2, 0) is 4.57 Å². The van der Waals surface area contributed by atoms with Gasteiger partial charge in [0.2, 0.25) is 0 Å². The van der Waals surface area contributed by atoms with Gasteiger partial charge in [0.05, 0.1) is 5.56 Å². The number of rotatable bonds is 3. The Morgan fingerprint density at radius 2 is 2.00 bits per heavy atom. The van der Waals surface area contributed by atoms with Gasteiger partial charge in [-0.2, -0.15) is 0 Å². The zero-order valence-corrected chi connectivity index (χ0v) is 14.5. The van der Waals surface area contributed by atoms with Gasteiger partial charge in [-0.05, 0) is 12.1 Å². The summed E-state index contributed by atoms with van der Waals surface area (Å²) in [5.74, 6) is -0.554. The second kappa shape index (κ2) is 10.6. The fourth-order valence-corrected chi connectivity index (χ4v) is 1.12. The van der Waals surface area contributed by atoms with E-state index in [2.05, 4.69) is 10.3 Å². The van der Waals surface area contributed by atoms with Crippen LogP contribution >= 0.6 is 7.60 Å². The molecule has 5 N–H and O–H groups in total. The van der Waals surface area contributed by atoms with Crippen LogP contribution < -0.4 is 5.32 Å². The van der Waals surface area contributed by atoms with E-state index in [1.165, 1.54) is 18.5 Å². The van der Waals surface area contributed by atoms with Crippen LogP contribution in [0.3, 0.4) is 0 Å². The molecule has 1 amide bonds. The largest absolute Gasteiger partial charge is 0.412 e. The average Bonchev–Trinajstić information content (AvgIpc) is 2.14. The van der Waals surface area contributed by atoms with Gasteiger partial charge in [0.25, 0.3) is 5.91 Å². The van der Waals surface area contributed by atoms with Gasteiger partial charge in [-0.3, -0.25) is 14.3 Å². The summed E-state index contributed by atoms with van der Waals surface area (Å²) in [6.07, 6.45) is 2.15. The van der Waals surface area contributed by atoms with Gasteiger partial charge in [-0.1, -0.05) is 0 Å². The van der Waals surface area contributed by atoms with Crippen LogP contribution in [-0.4, -0.2) is 91.6 Å². The quantitative estimate of drug-likeness (QED) is 0.451. The Balaban J connectivity index is -0.000000653. The number of nitrogens with zero attached hydrogens (tertiary/aromatic N) is 1. The van der Waals surface area contributed by atoms with Crippen LogP contribution in [0, 0.1) is 0 Å². The van der Waals surface area contributed by atoms with Gasteiger partial charge in [0.1, 0.15) is 6.29 Å². The smallest absolute Gasteiger partial charge is 0.344 e. The molecule has 0 aromatic carbocycles. The summed E-state index contributed by atoms with van der Waals surface area (Å²) in [6, 6.07) is 3.06. The molecule has 0 saturated carbocycles. The fourth-order valence-electron chi connectivity index (χ4n) is 0.774. The molecule has 0 unspecified atom stereocenters. The second-order valence-electron chi connectivity index (χ2n) is 2.57. The molecule has 1 aromatic rings. The first-order chi connectivity index (χ1) is 6.49. The first-order valence-electron chi connectivity index (χ1n) is 3.72. The fraction of sp³-hybridized carbons (Fsp3) is 0.143. The molecular formula is C7H11N2Na2O5P. The van der Waals surface area contributed by atoms with Crippen LogP contribution in [0.4, 0.5) is 0 Å². The van der Waals surface area contributed by atoms with Crippen molar-refractivity contribution in [2.75, 3.05) is 6.29 Å². The molecule has 0 fully saturated rings. The van der Waals surface area contributed by atoms with Crippen LogP contribution in [0.15, 0.2) is 24.5 Å². The Hall–Kier alpha value is 0.730. The molecule has 17 heavy (non-hydrogen) atoms. The molecule has 0 aliphatic rings. The molecule has 2 radical (unpaired) electrons. The molecule has 7 nitrogen and oxygen atoms in total. The van der Waals surface area contributed by atoms with Crippen molar-refractivity contribution in [3.63, 3.8) is 0 Å². The van der Waals surface area contributed by atoms with Crippen molar-refractivity contribution in [1.29, 1.82) is 0 Å². The van der Waals surface area contributed by atoms with E-state index in [0.717, 1.165) is 0 Å². The van der Waals surface area contributed by atoms with E-state index in [0.29, 0.717) is 0 Å². The van der Waals surface area contributed by atoms with E-state index in [-0.39, 0.29) is 70.2 Å². The average molecular weight is 280 g/mol. The molecule has 1 heterocycles. The van der Waals surface area contributed by atoms with Crippen molar-refractivity contribution in [2.24, 2.45) is 0 Å². The predicted molar refractivity (Wildman–Crippen MR) is 63.7 cm³/mol. The number of aromatic nitrogens is 1. The topological polar surface area (TPSA) is 131 Å². The maximum absolute atomic E-state index is 11.2. The second-order valence-corrected chi connectivity index (χ2v) is 4.22. The number of hydrogen-bond acceptors (Lipinski definition) is 3. The molecule has 0 atom stereocenters. The van der Waals surface area contributed by atoms with Gasteiger partial charge >= 0.3 is 7.60 Å². The number of carbonyl (C=O) groups is 1. The summed E-state index contributed by atoms with van der Waals surface area (Å²) < 4.78 is 10.4. The summed E-state index contributed by atoms with van der Waals surface area (Å²) in [6.45, 7) is 0. The van der Waals surface area contributed by atoms with Crippen molar-refractivity contribution in [3.05, 3.63) is 30.1 Å². The number of pyridine rings is 1. The summed E-state index contributed by atoms with van der Waals surface area (Å²) >= 11 is 0. The van der Waals surface area contributed by atoms with Crippen molar-refractivity contribution in [2.45, 2.75) is 0 Å². The van der Waals surface area contributed by atoms with Gasteiger partial charge in [-0.15, -0.1) is 0 Å². The van der Waals surface area contributed by atoms with E-state index in [1.807, 2.05) is 0 Å². The Morgan fingerprint density at radius 1 is 1.41 bits per heavy atom. The minimum absolute atomic E-state index is 0. The SMILES string of the molecule is O.O=C(NCP(=O)(O)O)c1cccnc1.[Na].[Na]. The zero-order valence-electron chi connectivity index (χ0n) is 9.62. The first-order valence-corrected chi connectivity index (χ1v) is 5.51. The zero-order chi connectivity index (χ0) is 10.6. The number of carbonyl (C=O) groups excluding carboxylic acids is 1. The third kappa shape index (κ3) is 10.3. The van der Waals surface area contributed by atoms with E-state index < -0.39 is 19.8 Å². The van der Waals surface area contributed by atoms with Crippen molar-refractivity contribution >= 4 is 72.6 Å². The monoisotopic (exact) mass is 280 g/mol. The Morgan fingerprint density at radius 3 is 2.41 bits per heavy atom. The van der Waals surface area contributed by atoms with Crippen LogP contribution in [0.5, 0.6) is 0 Å². The summed E-state index contributed by atoms with van der Waals surface area (Å²) in [4.78, 5) is 31.9. The van der Waals surface area contributed by atoms with E-state index in [9.17, 15) is 9.36 Å². The maximum atomic E-state index is 11.2. The molecule has 0 saturated heterocycles. The van der Waals surface area contributed by atoms with Crippen LogP contribution in [0.2, 0.25) is 0 Å². The standard InChI is InChI=1S/C7H9N2O4P.2Na.H2O/c10-7(9-5-14(11,12)13)6-2-1-3-8-4-6;;;/h1-4H,5H2,(H,9,10)(H2,11,12,13);;;1H2. The molecular weight excluding hydrogens is 269 g/mol.